The molecule has 0 saturated carbocycles. The van der Waals surface area contributed by atoms with Crippen LogP contribution < -0.4 is 0 Å². The standard InChI is InChI=1S/C22H23NO3S/c1-13-9-10-19(14(2)11-13)27-12-20(24)26-16(4)22(25)21-15(3)23-18-8-6-5-7-17(18)21/h5-11,16,23H,12H2,1-4H3/t16-/m0/s1. The maximum Gasteiger partial charge on any atom is 0.316 e. The highest BCUT2D eigenvalue weighted by Crippen LogP contribution is 2.25. The molecule has 4 nitrogen and oxygen atoms in total. The zero-order valence-corrected chi connectivity index (χ0v) is 16.8. The van der Waals surface area contributed by atoms with Gasteiger partial charge in [-0.1, -0.05) is 35.9 Å². The molecule has 1 heterocycles. The van der Waals surface area contributed by atoms with Gasteiger partial charge < -0.3 is 9.72 Å². The Morgan fingerprint density at radius 2 is 1.85 bits per heavy atom. The number of carbonyl (C=O) groups excluding carboxylic acids is 2. The Kier molecular flexibility index (Phi) is 5.71. The maximum atomic E-state index is 12.8. The first-order valence-electron chi connectivity index (χ1n) is 8.88. The summed E-state index contributed by atoms with van der Waals surface area (Å²) in [6.07, 6.45) is -0.824. The smallest absolute Gasteiger partial charge is 0.316 e. The van der Waals surface area contributed by atoms with Gasteiger partial charge in [0.15, 0.2) is 6.10 Å². The van der Waals surface area contributed by atoms with Gasteiger partial charge in [-0.15, -0.1) is 11.8 Å². The Morgan fingerprint density at radius 1 is 1.11 bits per heavy atom. The number of hydrogen-bond acceptors (Lipinski definition) is 4. The number of para-hydroxylation sites is 1. The van der Waals surface area contributed by atoms with Crippen LogP contribution >= 0.6 is 11.8 Å². The fourth-order valence-electron chi connectivity index (χ4n) is 3.18. The lowest BCUT2D eigenvalue weighted by Gasteiger charge is -2.13. The zero-order valence-electron chi connectivity index (χ0n) is 16.0. The molecule has 0 spiro atoms. The second kappa shape index (κ2) is 8.01. The van der Waals surface area contributed by atoms with Crippen molar-refractivity contribution in [1.29, 1.82) is 0 Å². The molecule has 2 aromatic carbocycles. The van der Waals surface area contributed by atoms with E-state index in [4.69, 9.17) is 4.74 Å². The van der Waals surface area contributed by atoms with E-state index in [0.717, 1.165) is 27.1 Å². The molecule has 0 radical (unpaired) electrons. The second-order valence-corrected chi connectivity index (χ2v) is 7.74. The van der Waals surface area contributed by atoms with Gasteiger partial charge in [0.2, 0.25) is 5.78 Å². The molecule has 1 N–H and O–H groups in total. The largest absolute Gasteiger partial charge is 0.454 e. The molecule has 0 bridgehead atoms. The number of ketones is 1. The molecule has 0 amide bonds. The van der Waals surface area contributed by atoms with E-state index >= 15 is 0 Å². The highest BCUT2D eigenvalue weighted by Gasteiger charge is 2.24. The number of thioether (sulfide) groups is 1. The van der Waals surface area contributed by atoms with E-state index in [9.17, 15) is 9.59 Å². The predicted molar refractivity (Wildman–Crippen MR) is 110 cm³/mol. The summed E-state index contributed by atoms with van der Waals surface area (Å²) in [5.74, 6) is -0.401. The number of aromatic amines is 1. The number of rotatable bonds is 6. The third-order valence-corrected chi connectivity index (χ3v) is 5.64. The van der Waals surface area contributed by atoms with Crippen LogP contribution in [0.1, 0.15) is 34.1 Å². The van der Waals surface area contributed by atoms with E-state index in [-0.39, 0.29) is 11.5 Å². The molecule has 0 unspecified atom stereocenters. The number of Topliss-reactive ketones (excluding diaryl/α,β-unsaturated/α-hetero) is 1. The lowest BCUT2D eigenvalue weighted by Crippen LogP contribution is -2.25. The molecule has 0 aliphatic heterocycles. The Balaban J connectivity index is 1.65. The molecule has 3 aromatic rings. The van der Waals surface area contributed by atoms with E-state index in [1.807, 2.05) is 57.2 Å². The summed E-state index contributed by atoms with van der Waals surface area (Å²) in [6, 6.07) is 13.7. The maximum absolute atomic E-state index is 12.8. The molecular weight excluding hydrogens is 358 g/mol. The van der Waals surface area contributed by atoms with Crippen molar-refractivity contribution in [1.82, 2.24) is 4.98 Å². The molecule has 0 aliphatic carbocycles. The average Bonchev–Trinajstić information content (AvgIpc) is 2.96. The van der Waals surface area contributed by atoms with Crippen molar-refractivity contribution in [3.8, 4) is 0 Å². The fourth-order valence-corrected chi connectivity index (χ4v) is 3.97. The minimum absolute atomic E-state index is 0.175. The monoisotopic (exact) mass is 381 g/mol. The quantitative estimate of drug-likeness (QED) is 0.371. The normalized spacial score (nSPS) is 12.1. The van der Waals surface area contributed by atoms with Gasteiger partial charge in [0.1, 0.15) is 0 Å². The topological polar surface area (TPSA) is 59.2 Å². The number of hydrogen-bond donors (Lipinski definition) is 1. The van der Waals surface area contributed by atoms with Crippen molar-refractivity contribution < 1.29 is 14.3 Å². The van der Waals surface area contributed by atoms with Crippen LogP contribution in [0.25, 0.3) is 10.9 Å². The van der Waals surface area contributed by atoms with Gasteiger partial charge in [-0.2, -0.15) is 0 Å². The summed E-state index contributed by atoms with van der Waals surface area (Å²) in [7, 11) is 0. The Bertz CT molecular complexity index is 1010. The van der Waals surface area contributed by atoms with Gasteiger partial charge in [-0.25, -0.2) is 0 Å². The molecule has 0 aliphatic rings. The van der Waals surface area contributed by atoms with Crippen molar-refractivity contribution in [3.63, 3.8) is 0 Å². The van der Waals surface area contributed by atoms with Crippen LogP contribution in [-0.4, -0.2) is 28.6 Å². The lowest BCUT2D eigenvalue weighted by atomic mass is 10.0. The van der Waals surface area contributed by atoms with Crippen molar-refractivity contribution in [2.24, 2.45) is 0 Å². The van der Waals surface area contributed by atoms with Gasteiger partial charge in [-0.05, 0) is 45.4 Å². The van der Waals surface area contributed by atoms with Gasteiger partial charge in [-0.3, -0.25) is 9.59 Å². The minimum Gasteiger partial charge on any atom is -0.454 e. The van der Waals surface area contributed by atoms with Crippen molar-refractivity contribution in [2.75, 3.05) is 5.75 Å². The van der Waals surface area contributed by atoms with Crippen molar-refractivity contribution >= 4 is 34.4 Å². The summed E-state index contributed by atoms with van der Waals surface area (Å²) in [4.78, 5) is 29.3. The first-order valence-corrected chi connectivity index (χ1v) is 9.86. The van der Waals surface area contributed by atoms with Gasteiger partial charge in [0.05, 0.1) is 5.75 Å². The van der Waals surface area contributed by atoms with Crippen molar-refractivity contribution in [2.45, 2.75) is 38.7 Å². The number of fused-ring (bicyclic) bond motifs is 1. The highest BCUT2D eigenvalue weighted by molar-refractivity contribution is 8.00. The SMILES string of the molecule is Cc1ccc(SCC(=O)O[C@@H](C)C(=O)c2c(C)[nH]c3ccccc23)c(C)c1. The molecule has 5 heteroatoms. The molecule has 3 rings (SSSR count). The van der Waals surface area contributed by atoms with E-state index in [1.54, 1.807) is 6.92 Å². The summed E-state index contributed by atoms with van der Waals surface area (Å²) in [5, 5.41) is 0.854. The molecule has 140 valence electrons. The third kappa shape index (κ3) is 4.25. The predicted octanol–water partition coefficient (Wildman–Crippen LogP) is 5.00. The number of H-pyrrole nitrogens is 1. The first kappa shape index (κ1) is 19.2. The summed E-state index contributed by atoms with van der Waals surface area (Å²) < 4.78 is 5.40. The molecule has 0 fully saturated rings. The summed E-state index contributed by atoms with van der Waals surface area (Å²) in [6.45, 7) is 7.54. The molecular formula is C22H23NO3S. The molecule has 0 saturated heterocycles. The van der Waals surface area contributed by atoms with Crippen LogP contribution in [0.2, 0.25) is 0 Å². The van der Waals surface area contributed by atoms with Crippen LogP contribution in [0.3, 0.4) is 0 Å². The van der Waals surface area contributed by atoms with Crippen LogP contribution in [0, 0.1) is 20.8 Å². The number of esters is 1. The van der Waals surface area contributed by atoms with Crippen LogP contribution in [0.15, 0.2) is 47.4 Å². The van der Waals surface area contributed by atoms with Crippen LogP contribution in [0.4, 0.5) is 0 Å². The van der Waals surface area contributed by atoms with Gasteiger partial charge in [0, 0.05) is 27.1 Å². The number of carbonyl (C=O) groups is 2. The van der Waals surface area contributed by atoms with E-state index < -0.39 is 12.1 Å². The van der Waals surface area contributed by atoms with Crippen molar-refractivity contribution in [3.05, 3.63) is 64.8 Å². The molecule has 1 aromatic heterocycles. The molecule has 27 heavy (non-hydrogen) atoms. The Morgan fingerprint density at radius 3 is 2.59 bits per heavy atom. The molecule has 1 atom stereocenters. The number of benzene rings is 2. The summed E-state index contributed by atoms with van der Waals surface area (Å²) >= 11 is 1.43. The number of ether oxygens (including phenoxy) is 1. The van der Waals surface area contributed by atoms with E-state index in [2.05, 4.69) is 11.1 Å². The average molecular weight is 381 g/mol. The zero-order chi connectivity index (χ0) is 19.6. The second-order valence-electron chi connectivity index (χ2n) is 6.72. The number of aryl methyl sites for hydroxylation is 3. The number of nitrogens with one attached hydrogen (secondary N) is 1. The van der Waals surface area contributed by atoms with Gasteiger partial charge in [0.25, 0.3) is 0 Å². The van der Waals surface area contributed by atoms with E-state index in [1.165, 1.54) is 17.3 Å². The number of aromatic nitrogens is 1. The Labute approximate surface area is 163 Å². The van der Waals surface area contributed by atoms with Crippen LogP contribution in [0.5, 0.6) is 0 Å². The van der Waals surface area contributed by atoms with Crippen LogP contribution in [-0.2, 0) is 9.53 Å². The fraction of sp³-hybridized carbons (Fsp3) is 0.273. The van der Waals surface area contributed by atoms with E-state index in [0.29, 0.717) is 5.56 Å². The highest BCUT2D eigenvalue weighted by atomic mass is 32.2. The minimum atomic E-state index is -0.824. The Hall–Kier alpha value is -2.53. The summed E-state index contributed by atoms with van der Waals surface area (Å²) in [5.41, 5.74) is 4.60. The third-order valence-electron chi connectivity index (χ3n) is 4.49. The first-order chi connectivity index (χ1) is 12.9. The van der Waals surface area contributed by atoms with Gasteiger partial charge >= 0.3 is 5.97 Å². The lowest BCUT2D eigenvalue weighted by molar-refractivity contribution is -0.143.